The van der Waals surface area contributed by atoms with Crippen molar-refractivity contribution in [2.24, 2.45) is 0 Å². The highest BCUT2D eigenvalue weighted by Gasteiger charge is 2.57. The molecule has 1 aliphatic heterocycles. The molecule has 2 atom stereocenters. The number of carbonyl (C=O) groups excluding carboxylic acids is 1. The van der Waals surface area contributed by atoms with Gasteiger partial charge in [-0.2, -0.15) is 0 Å². The van der Waals surface area contributed by atoms with E-state index in [9.17, 15) is 36.3 Å². The number of alkyl carbamates (subject to hydrolysis) is 1. The zero-order valence-corrected chi connectivity index (χ0v) is 23.6. The largest absolute Gasteiger partial charge is 0.465 e. The van der Waals surface area contributed by atoms with Crippen LogP contribution in [0.2, 0.25) is 0 Å². The van der Waals surface area contributed by atoms with Gasteiger partial charge in [-0.05, 0) is 51.8 Å². The molecule has 1 saturated heterocycles. The third-order valence-electron chi connectivity index (χ3n) is 5.88. The van der Waals surface area contributed by atoms with Crippen molar-refractivity contribution in [2.75, 3.05) is 12.8 Å². The van der Waals surface area contributed by atoms with Gasteiger partial charge in [-0.1, -0.05) is 12.1 Å². The number of sulfonamides is 1. The van der Waals surface area contributed by atoms with Crippen LogP contribution in [0.3, 0.4) is 0 Å². The van der Waals surface area contributed by atoms with Crippen LogP contribution in [0.25, 0.3) is 0 Å². The Kier molecular flexibility index (Phi) is 9.08. The van der Waals surface area contributed by atoms with E-state index in [1.54, 1.807) is 25.5 Å². The van der Waals surface area contributed by atoms with Crippen LogP contribution in [0, 0.1) is 18.6 Å². The maximum Gasteiger partial charge on any atom is 0.407 e. The van der Waals surface area contributed by atoms with E-state index in [1.807, 2.05) is 0 Å². The summed E-state index contributed by atoms with van der Waals surface area (Å²) < 4.78 is 95.2. The lowest BCUT2D eigenvalue weighted by atomic mass is 9.98. The Morgan fingerprint density at radius 1 is 1.24 bits per heavy atom. The SMILES string of the molecule is Cc1cc(F)c(CNC(=O)OC(C)(C)C)nc1Oc1cccc(CC2C(NS(C)(=O)=O)C(F)(F)CN2C(=O)O)c1F. The Morgan fingerprint density at radius 3 is 2.49 bits per heavy atom. The Bertz CT molecular complexity index is 1430. The fourth-order valence-corrected chi connectivity index (χ4v) is 4.95. The number of nitrogens with zero attached hydrogens (tertiary/aromatic N) is 2. The molecule has 226 valence electrons. The summed E-state index contributed by atoms with van der Waals surface area (Å²) in [6, 6.07) is 0.957. The number of alkyl halides is 2. The van der Waals surface area contributed by atoms with Crippen molar-refractivity contribution in [3.05, 3.63) is 52.7 Å². The van der Waals surface area contributed by atoms with Gasteiger partial charge in [0.2, 0.25) is 15.9 Å². The first-order chi connectivity index (χ1) is 18.8. The minimum atomic E-state index is -4.18. The molecule has 2 unspecified atom stereocenters. The molecule has 0 aliphatic carbocycles. The summed E-state index contributed by atoms with van der Waals surface area (Å²) in [6.07, 6.45) is -2.54. The number of hydrogen-bond acceptors (Lipinski definition) is 7. The number of benzene rings is 1. The van der Waals surface area contributed by atoms with Gasteiger partial charge >= 0.3 is 12.2 Å². The average molecular weight is 607 g/mol. The molecular formula is C25H30F4N4O7S. The Hall–Kier alpha value is -3.66. The smallest absolute Gasteiger partial charge is 0.407 e. The summed E-state index contributed by atoms with van der Waals surface area (Å²) in [6.45, 7) is 4.69. The highest BCUT2D eigenvalue weighted by molar-refractivity contribution is 7.88. The van der Waals surface area contributed by atoms with Crippen LogP contribution < -0.4 is 14.8 Å². The van der Waals surface area contributed by atoms with E-state index in [4.69, 9.17) is 9.47 Å². The van der Waals surface area contributed by atoms with E-state index < -0.39 is 76.2 Å². The molecule has 0 radical (unpaired) electrons. The first-order valence-corrected chi connectivity index (χ1v) is 14.1. The molecule has 0 spiro atoms. The summed E-state index contributed by atoms with van der Waals surface area (Å²) in [5.74, 6) is -6.25. The van der Waals surface area contributed by atoms with Crippen LogP contribution in [0.15, 0.2) is 24.3 Å². The number of aromatic nitrogens is 1. The number of rotatable bonds is 8. The zero-order chi connectivity index (χ0) is 30.9. The lowest BCUT2D eigenvalue weighted by Gasteiger charge is -2.26. The Morgan fingerprint density at radius 2 is 1.90 bits per heavy atom. The van der Waals surface area contributed by atoms with Gasteiger partial charge in [-0.25, -0.2) is 45.3 Å². The lowest BCUT2D eigenvalue weighted by molar-refractivity contribution is -0.00560. The highest BCUT2D eigenvalue weighted by Crippen LogP contribution is 2.36. The summed E-state index contributed by atoms with van der Waals surface area (Å²) in [5.41, 5.74) is -1.12. The second-order valence-electron chi connectivity index (χ2n) is 10.5. The van der Waals surface area contributed by atoms with E-state index in [2.05, 4.69) is 10.3 Å². The standard InChI is InChI=1S/C25H30F4N4O7S/c1-13-9-15(26)16(11-30-22(34)40-24(2,3)4)31-21(13)39-18-8-6-7-14(19(18)27)10-17-20(32-41(5,37)38)25(28,29)12-33(17)23(35)36/h6-9,17,20,32H,10-12H2,1-5H3,(H,30,34)(H,35,36). The van der Waals surface area contributed by atoms with Crippen LogP contribution in [0.4, 0.5) is 27.2 Å². The maximum absolute atomic E-state index is 15.5. The predicted octanol–water partition coefficient (Wildman–Crippen LogP) is 3.94. The molecule has 1 aromatic heterocycles. The summed E-state index contributed by atoms with van der Waals surface area (Å²) in [5, 5.41) is 11.8. The fourth-order valence-electron chi connectivity index (χ4n) is 4.16. The van der Waals surface area contributed by atoms with Gasteiger partial charge in [-0.15, -0.1) is 0 Å². The molecule has 2 amide bonds. The summed E-state index contributed by atoms with van der Waals surface area (Å²) >= 11 is 0. The van der Waals surface area contributed by atoms with Crippen LogP contribution >= 0.6 is 0 Å². The molecule has 0 saturated carbocycles. The molecular weight excluding hydrogens is 576 g/mol. The van der Waals surface area contributed by atoms with E-state index in [0.29, 0.717) is 11.2 Å². The van der Waals surface area contributed by atoms with Gasteiger partial charge in [0.05, 0.1) is 31.1 Å². The topological polar surface area (TPSA) is 147 Å². The molecule has 0 bridgehead atoms. The molecule has 1 fully saturated rings. The van der Waals surface area contributed by atoms with Gasteiger partial charge < -0.3 is 19.9 Å². The number of amides is 2. The Balaban J connectivity index is 1.88. The average Bonchev–Trinajstić information content (AvgIpc) is 3.05. The zero-order valence-electron chi connectivity index (χ0n) is 22.8. The molecule has 16 heteroatoms. The van der Waals surface area contributed by atoms with Crippen LogP contribution in [-0.2, 0) is 27.7 Å². The first kappa shape index (κ1) is 31.9. The van der Waals surface area contributed by atoms with E-state index in [-0.39, 0.29) is 29.2 Å². The van der Waals surface area contributed by atoms with Gasteiger partial charge in [0.1, 0.15) is 17.5 Å². The van der Waals surface area contributed by atoms with Crippen molar-refractivity contribution >= 4 is 22.2 Å². The molecule has 2 heterocycles. The second-order valence-corrected chi connectivity index (χ2v) is 12.3. The van der Waals surface area contributed by atoms with Crippen molar-refractivity contribution in [2.45, 2.75) is 64.3 Å². The number of carboxylic acid groups (broad SMARTS) is 1. The predicted molar refractivity (Wildman–Crippen MR) is 137 cm³/mol. The first-order valence-electron chi connectivity index (χ1n) is 12.2. The number of hydrogen-bond donors (Lipinski definition) is 3. The quantitative estimate of drug-likeness (QED) is 0.383. The fraction of sp³-hybridized carbons (Fsp3) is 0.480. The van der Waals surface area contributed by atoms with E-state index >= 15 is 4.39 Å². The third kappa shape index (κ3) is 8.19. The molecule has 41 heavy (non-hydrogen) atoms. The third-order valence-corrected chi connectivity index (χ3v) is 6.56. The number of likely N-dealkylation sites (tertiary alicyclic amines) is 1. The van der Waals surface area contributed by atoms with Gasteiger partial charge in [0.15, 0.2) is 11.6 Å². The van der Waals surface area contributed by atoms with Crippen molar-refractivity contribution < 1.29 is 50.1 Å². The van der Waals surface area contributed by atoms with Crippen molar-refractivity contribution in [3.8, 4) is 11.6 Å². The molecule has 1 aliphatic rings. The van der Waals surface area contributed by atoms with Gasteiger partial charge in [0, 0.05) is 5.56 Å². The van der Waals surface area contributed by atoms with Crippen LogP contribution in [0.1, 0.15) is 37.6 Å². The van der Waals surface area contributed by atoms with Crippen LogP contribution in [0.5, 0.6) is 11.6 Å². The highest BCUT2D eigenvalue weighted by atomic mass is 32.2. The Labute approximate surface area is 233 Å². The van der Waals surface area contributed by atoms with Crippen molar-refractivity contribution in [3.63, 3.8) is 0 Å². The number of nitrogens with one attached hydrogen (secondary N) is 2. The molecule has 1 aromatic carbocycles. The van der Waals surface area contributed by atoms with E-state index in [0.717, 1.165) is 6.07 Å². The normalized spacial score (nSPS) is 18.7. The van der Waals surface area contributed by atoms with Crippen LogP contribution in [-0.4, -0.2) is 72.0 Å². The minimum Gasteiger partial charge on any atom is -0.465 e. The number of carbonyl (C=O) groups is 2. The summed E-state index contributed by atoms with van der Waals surface area (Å²) in [7, 11) is -4.18. The molecule has 3 N–H and O–H groups in total. The molecule has 3 rings (SSSR count). The number of aryl methyl sites for hydroxylation is 1. The van der Waals surface area contributed by atoms with E-state index in [1.165, 1.54) is 25.1 Å². The van der Waals surface area contributed by atoms with Crippen molar-refractivity contribution in [1.82, 2.24) is 19.9 Å². The molecule has 2 aromatic rings. The lowest BCUT2D eigenvalue weighted by Crippen LogP contribution is -2.52. The number of pyridine rings is 1. The minimum absolute atomic E-state index is 0.165. The summed E-state index contributed by atoms with van der Waals surface area (Å²) in [4.78, 5) is 28.0. The van der Waals surface area contributed by atoms with Gasteiger partial charge in [-0.3, -0.25) is 4.90 Å². The number of halogens is 4. The number of ether oxygens (including phenoxy) is 2. The van der Waals surface area contributed by atoms with Gasteiger partial charge in [0.25, 0.3) is 5.92 Å². The maximum atomic E-state index is 15.5. The van der Waals surface area contributed by atoms with Crippen molar-refractivity contribution in [1.29, 1.82) is 0 Å². The molecule has 11 nitrogen and oxygen atoms in total. The monoisotopic (exact) mass is 606 g/mol. The second kappa shape index (κ2) is 11.7.